The summed E-state index contributed by atoms with van der Waals surface area (Å²) in [7, 11) is 0. The number of carbonyl (C=O) groups is 3. The lowest BCUT2D eigenvalue weighted by Gasteiger charge is -2.18. The second-order valence-electron chi connectivity index (χ2n) is 20.6. The lowest BCUT2D eigenvalue weighted by Crippen LogP contribution is -2.30. The average molecular weight is 1070 g/mol. The summed E-state index contributed by atoms with van der Waals surface area (Å²) >= 11 is 0. The second-order valence-corrected chi connectivity index (χ2v) is 20.6. The van der Waals surface area contributed by atoms with Crippen LogP contribution in [0.2, 0.25) is 0 Å². The predicted molar refractivity (Wildman–Crippen MR) is 334 cm³/mol. The lowest BCUT2D eigenvalue weighted by molar-refractivity contribution is -0.166. The number of ether oxygens (including phenoxy) is 3. The molecule has 77 heavy (non-hydrogen) atoms. The molecule has 0 saturated carbocycles. The van der Waals surface area contributed by atoms with E-state index in [1.165, 1.54) is 141 Å². The monoisotopic (exact) mass is 1060 g/mol. The topological polar surface area (TPSA) is 78.9 Å². The van der Waals surface area contributed by atoms with Crippen molar-refractivity contribution in [3.63, 3.8) is 0 Å². The Bertz CT molecular complexity index is 1650. The van der Waals surface area contributed by atoms with Gasteiger partial charge in [0.05, 0.1) is 6.42 Å². The number of hydrogen-bond donors (Lipinski definition) is 0. The molecule has 0 aliphatic heterocycles. The number of carbonyl (C=O) groups excluding carboxylic acids is 3. The quantitative estimate of drug-likeness (QED) is 0.0261. The molecule has 0 rings (SSSR count). The van der Waals surface area contributed by atoms with Gasteiger partial charge in [-0.25, -0.2) is 0 Å². The summed E-state index contributed by atoms with van der Waals surface area (Å²) in [5, 5.41) is 0. The Hall–Kier alpha value is -4.45. The molecule has 6 nitrogen and oxygen atoms in total. The number of unbranched alkanes of at least 4 members (excludes halogenated alkanes) is 24. The Morgan fingerprint density at radius 3 is 0.883 bits per heavy atom. The molecule has 0 aromatic rings. The first-order valence-corrected chi connectivity index (χ1v) is 31.7. The Morgan fingerprint density at radius 1 is 0.286 bits per heavy atom. The lowest BCUT2D eigenvalue weighted by atomic mass is 10.0. The number of allylic oxidation sites excluding steroid dienone is 21. The fourth-order valence-corrected chi connectivity index (χ4v) is 8.54. The van der Waals surface area contributed by atoms with Crippen molar-refractivity contribution in [2.45, 2.75) is 284 Å². The van der Waals surface area contributed by atoms with E-state index in [-0.39, 0.29) is 32.0 Å². The standard InChI is InChI=1S/C71H116O6/c1-4-7-10-13-16-19-22-25-28-30-32-33-34-35-36-37-39-40-43-46-49-52-55-58-61-64-70(73)76-67-68(66-75-69(72)63-60-57-54-51-48-45-42-27-24-21-18-15-12-9-6-3)77-71(74)65-62-59-56-53-50-47-44-41-38-31-29-26-23-20-17-14-11-8-5-2/h8-9,11-12,17-18,20-21,26-27,29,38,41-42,47-48,50-51,56-57,59-60,68H,4-7,10,13-16,19,22-25,28,30-37,39-40,43-46,49,52-55,58,61-67H2,1-3H3/b11-8-,12-9-,20-17-,21-18-,29-26-,41-38-,42-27-,50-47-,51-48-,59-56-,60-57-. The van der Waals surface area contributed by atoms with Gasteiger partial charge in [-0.3, -0.25) is 14.4 Å². The molecule has 0 N–H and O–H groups in total. The zero-order valence-corrected chi connectivity index (χ0v) is 49.9. The Labute approximate surface area is 475 Å². The molecule has 0 aromatic carbocycles. The van der Waals surface area contributed by atoms with Crippen molar-refractivity contribution in [1.29, 1.82) is 0 Å². The molecule has 0 bridgehead atoms. The summed E-state index contributed by atoms with van der Waals surface area (Å²) in [5.41, 5.74) is 0. The van der Waals surface area contributed by atoms with Gasteiger partial charge in [0.15, 0.2) is 6.10 Å². The summed E-state index contributed by atoms with van der Waals surface area (Å²) in [4.78, 5) is 38.2. The Morgan fingerprint density at radius 2 is 0.558 bits per heavy atom. The van der Waals surface area contributed by atoms with Crippen LogP contribution in [0.15, 0.2) is 134 Å². The zero-order chi connectivity index (χ0) is 55.7. The normalized spacial score (nSPS) is 13.0. The number of rotatable bonds is 56. The highest BCUT2D eigenvalue weighted by molar-refractivity contribution is 5.72. The van der Waals surface area contributed by atoms with Crippen molar-refractivity contribution >= 4 is 17.9 Å². The van der Waals surface area contributed by atoms with Gasteiger partial charge in [0.25, 0.3) is 0 Å². The first kappa shape index (κ1) is 72.5. The van der Waals surface area contributed by atoms with E-state index in [0.717, 1.165) is 89.9 Å². The molecule has 0 radical (unpaired) electrons. The van der Waals surface area contributed by atoms with Crippen molar-refractivity contribution in [2.75, 3.05) is 13.2 Å². The van der Waals surface area contributed by atoms with Gasteiger partial charge in [0, 0.05) is 12.8 Å². The fourth-order valence-electron chi connectivity index (χ4n) is 8.54. The molecule has 0 saturated heterocycles. The van der Waals surface area contributed by atoms with E-state index >= 15 is 0 Å². The van der Waals surface area contributed by atoms with Crippen molar-refractivity contribution in [1.82, 2.24) is 0 Å². The first-order valence-electron chi connectivity index (χ1n) is 31.7. The van der Waals surface area contributed by atoms with Crippen molar-refractivity contribution in [2.24, 2.45) is 0 Å². The van der Waals surface area contributed by atoms with Gasteiger partial charge in [0.2, 0.25) is 0 Å². The maximum atomic E-state index is 12.9. The van der Waals surface area contributed by atoms with Crippen LogP contribution in [0.5, 0.6) is 0 Å². The van der Waals surface area contributed by atoms with E-state index in [0.29, 0.717) is 12.8 Å². The van der Waals surface area contributed by atoms with Gasteiger partial charge >= 0.3 is 17.9 Å². The minimum Gasteiger partial charge on any atom is -0.462 e. The van der Waals surface area contributed by atoms with Crippen LogP contribution in [-0.2, 0) is 28.6 Å². The number of esters is 3. The highest BCUT2D eigenvalue weighted by Crippen LogP contribution is 2.17. The van der Waals surface area contributed by atoms with Gasteiger partial charge in [0.1, 0.15) is 13.2 Å². The van der Waals surface area contributed by atoms with Crippen LogP contribution in [0, 0.1) is 0 Å². The van der Waals surface area contributed by atoms with E-state index in [2.05, 4.69) is 130 Å². The smallest absolute Gasteiger partial charge is 0.309 e. The molecule has 0 fully saturated rings. The third-order valence-electron chi connectivity index (χ3n) is 13.2. The molecule has 0 amide bonds. The summed E-state index contributed by atoms with van der Waals surface area (Å²) in [5.74, 6) is -1.16. The maximum absolute atomic E-state index is 12.9. The molecule has 1 unspecified atom stereocenters. The third-order valence-corrected chi connectivity index (χ3v) is 13.2. The van der Waals surface area contributed by atoms with Crippen molar-refractivity contribution in [3.05, 3.63) is 134 Å². The van der Waals surface area contributed by atoms with Gasteiger partial charge in [-0.1, -0.05) is 309 Å². The van der Waals surface area contributed by atoms with Crippen molar-refractivity contribution in [3.8, 4) is 0 Å². The molecule has 0 aliphatic rings. The van der Waals surface area contributed by atoms with E-state index in [1.807, 2.05) is 18.2 Å². The molecule has 1 atom stereocenters. The van der Waals surface area contributed by atoms with Gasteiger partial charge in [-0.05, 0) is 83.5 Å². The summed E-state index contributed by atoms with van der Waals surface area (Å²) in [6, 6.07) is 0. The predicted octanol–water partition coefficient (Wildman–Crippen LogP) is 21.8. The van der Waals surface area contributed by atoms with Gasteiger partial charge in [-0.2, -0.15) is 0 Å². The van der Waals surface area contributed by atoms with Crippen LogP contribution < -0.4 is 0 Å². The first-order chi connectivity index (χ1) is 38.0. The van der Waals surface area contributed by atoms with Gasteiger partial charge in [-0.15, -0.1) is 0 Å². The van der Waals surface area contributed by atoms with Crippen molar-refractivity contribution < 1.29 is 28.6 Å². The maximum Gasteiger partial charge on any atom is 0.309 e. The molecular weight excluding hydrogens is 949 g/mol. The SMILES string of the molecule is CC/C=C\C/C=C\C/C=C\C/C=C\C/C=C\C/C=C\CCC(=O)OC(COC(=O)C/C=C\C/C=C\C/C=C\C/C=C\C/C=C\CC)COC(=O)CCCCCCCCCCCCCCCCCCCCCCCCCCC. The fraction of sp³-hybridized carbons (Fsp3) is 0.648. The van der Waals surface area contributed by atoms with Crippen LogP contribution >= 0.6 is 0 Å². The van der Waals surface area contributed by atoms with Crippen LogP contribution in [0.3, 0.4) is 0 Å². The van der Waals surface area contributed by atoms with Crippen LogP contribution in [0.4, 0.5) is 0 Å². The van der Waals surface area contributed by atoms with Crippen LogP contribution in [-0.4, -0.2) is 37.2 Å². The second kappa shape index (κ2) is 64.1. The molecule has 436 valence electrons. The highest BCUT2D eigenvalue weighted by Gasteiger charge is 2.19. The molecule has 0 spiro atoms. The average Bonchev–Trinajstić information content (AvgIpc) is 3.43. The van der Waals surface area contributed by atoms with E-state index < -0.39 is 18.0 Å². The minimum absolute atomic E-state index is 0.107. The molecular formula is C71H116O6. The molecule has 0 aromatic heterocycles. The van der Waals surface area contributed by atoms with Gasteiger partial charge < -0.3 is 14.2 Å². The highest BCUT2D eigenvalue weighted by atomic mass is 16.6. The largest absolute Gasteiger partial charge is 0.462 e. The van der Waals surface area contributed by atoms with E-state index in [4.69, 9.17) is 14.2 Å². The minimum atomic E-state index is -0.863. The third kappa shape index (κ3) is 62.3. The molecule has 0 heterocycles. The molecule has 6 heteroatoms. The van der Waals surface area contributed by atoms with E-state index in [1.54, 1.807) is 6.08 Å². The number of hydrogen-bond acceptors (Lipinski definition) is 6. The Balaban J connectivity index is 4.47. The summed E-state index contributed by atoms with van der Waals surface area (Å²) < 4.78 is 16.7. The van der Waals surface area contributed by atoms with Crippen LogP contribution in [0.1, 0.15) is 278 Å². The Kier molecular flexibility index (Phi) is 60.4. The molecule has 0 aliphatic carbocycles. The summed E-state index contributed by atoms with van der Waals surface area (Å²) in [6.07, 6.45) is 90.8. The summed E-state index contributed by atoms with van der Waals surface area (Å²) in [6.45, 7) is 6.28. The zero-order valence-electron chi connectivity index (χ0n) is 49.9. The van der Waals surface area contributed by atoms with Crippen LogP contribution in [0.25, 0.3) is 0 Å². The van der Waals surface area contributed by atoms with E-state index in [9.17, 15) is 14.4 Å².